The number of nitrogens with zero attached hydrogens (tertiary/aromatic N) is 2. The summed E-state index contributed by atoms with van der Waals surface area (Å²) >= 11 is 5.91. The molecular formula is C15H24ClN3. The molecule has 1 rings (SSSR count). The van der Waals surface area contributed by atoms with Crippen molar-refractivity contribution in [2.45, 2.75) is 33.1 Å². The molecule has 0 saturated heterocycles. The molecular weight excluding hydrogens is 258 g/mol. The molecule has 0 spiro atoms. The van der Waals surface area contributed by atoms with Crippen LogP contribution in [0.5, 0.6) is 0 Å². The number of rotatable bonds is 5. The largest absolute Gasteiger partial charge is 0.370 e. The normalized spacial score (nSPS) is 12.6. The van der Waals surface area contributed by atoms with Gasteiger partial charge in [0, 0.05) is 23.5 Å². The smallest absolute Gasteiger partial charge is 0.191 e. The lowest BCUT2D eigenvalue weighted by molar-refractivity contribution is 0.451. The highest BCUT2D eigenvalue weighted by atomic mass is 35.5. The summed E-state index contributed by atoms with van der Waals surface area (Å²) in [6, 6.07) is 7.92. The standard InChI is InChI=1S/C15H24ClN3/c1-5-19(6-2)14(17)18-11-15(3,4)12-7-9-13(16)10-8-12/h7-10H,5-6,11H2,1-4H3,(H2,17,18). The Labute approximate surface area is 121 Å². The Morgan fingerprint density at radius 3 is 2.21 bits per heavy atom. The third kappa shape index (κ3) is 4.43. The van der Waals surface area contributed by atoms with Crippen molar-refractivity contribution in [3.05, 3.63) is 34.9 Å². The maximum absolute atomic E-state index is 6.00. The van der Waals surface area contributed by atoms with Crippen molar-refractivity contribution in [1.82, 2.24) is 4.90 Å². The maximum Gasteiger partial charge on any atom is 0.191 e. The minimum Gasteiger partial charge on any atom is -0.370 e. The van der Waals surface area contributed by atoms with Crippen molar-refractivity contribution in [3.8, 4) is 0 Å². The van der Waals surface area contributed by atoms with Gasteiger partial charge >= 0.3 is 0 Å². The van der Waals surface area contributed by atoms with Crippen LogP contribution in [0.15, 0.2) is 29.3 Å². The van der Waals surface area contributed by atoms with Crippen LogP contribution in [-0.2, 0) is 5.41 Å². The highest BCUT2D eigenvalue weighted by molar-refractivity contribution is 6.30. The molecule has 0 aliphatic rings. The van der Waals surface area contributed by atoms with Gasteiger partial charge in [0.25, 0.3) is 0 Å². The number of hydrogen-bond acceptors (Lipinski definition) is 1. The van der Waals surface area contributed by atoms with Crippen molar-refractivity contribution in [1.29, 1.82) is 0 Å². The van der Waals surface area contributed by atoms with E-state index in [1.807, 2.05) is 24.3 Å². The average Bonchev–Trinajstić information content (AvgIpc) is 2.38. The number of aliphatic imine (C=N–C) groups is 1. The van der Waals surface area contributed by atoms with Gasteiger partial charge in [0.1, 0.15) is 0 Å². The van der Waals surface area contributed by atoms with Gasteiger partial charge in [-0.15, -0.1) is 0 Å². The number of nitrogens with two attached hydrogens (primary N) is 1. The van der Waals surface area contributed by atoms with E-state index in [1.165, 1.54) is 5.56 Å². The van der Waals surface area contributed by atoms with Crippen molar-refractivity contribution >= 4 is 17.6 Å². The fourth-order valence-corrected chi connectivity index (χ4v) is 2.04. The van der Waals surface area contributed by atoms with E-state index in [-0.39, 0.29) is 5.41 Å². The Hall–Kier alpha value is -1.22. The van der Waals surface area contributed by atoms with Crippen LogP contribution in [-0.4, -0.2) is 30.5 Å². The Morgan fingerprint density at radius 2 is 1.74 bits per heavy atom. The molecule has 0 radical (unpaired) electrons. The molecule has 1 aromatic carbocycles. The minimum atomic E-state index is -0.0532. The average molecular weight is 282 g/mol. The fraction of sp³-hybridized carbons (Fsp3) is 0.533. The first-order valence-corrected chi connectivity index (χ1v) is 7.09. The van der Waals surface area contributed by atoms with Crippen molar-refractivity contribution in [2.75, 3.05) is 19.6 Å². The maximum atomic E-state index is 6.00. The highest BCUT2D eigenvalue weighted by Gasteiger charge is 2.20. The Morgan fingerprint density at radius 1 is 1.21 bits per heavy atom. The third-order valence-corrected chi connectivity index (χ3v) is 3.60. The van der Waals surface area contributed by atoms with Crippen LogP contribution in [0.25, 0.3) is 0 Å². The molecule has 0 amide bonds. The lowest BCUT2D eigenvalue weighted by Crippen LogP contribution is -2.38. The van der Waals surface area contributed by atoms with Gasteiger partial charge in [-0.3, -0.25) is 4.99 Å². The van der Waals surface area contributed by atoms with Crippen molar-refractivity contribution in [2.24, 2.45) is 10.7 Å². The molecule has 106 valence electrons. The zero-order chi connectivity index (χ0) is 14.5. The summed E-state index contributed by atoms with van der Waals surface area (Å²) in [5, 5.41) is 0.755. The quantitative estimate of drug-likeness (QED) is 0.665. The fourth-order valence-electron chi connectivity index (χ4n) is 1.92. The summed E-state index contributed by atoms with van der Waals surface area (Å²) in [6.07, 6.45) is 0. The molecule has 0 bridgehead atoms. The van der Waals surface area contributed by atoms with E-state index in [0.29, 0.717) is 12.5 Å². The van der Waals surface area contributed by atoms with Gasteiger partial charge in [0.2, 0.25) is 0 Å². The van der Waals surface area contributed by atoms with Gasteiger partial charge in [-0.2, -0.15) is 0 Å². The van der Waals surface area contributed by atoms with Crippen LogP contribution in [0.2, 0.25) is 5.02 Å². The highest BCUT2D eigenvalue weighted by Crippen LogP contribution is 2.24. The van der Waals surface area contributed by atoms with Crippen LogP contribution in [0, 0.1) is 0 Å². The lowest BCUT2D eigenvalue weighted by atomic mass is 9.85. The zero-order valence-corrected chi connectivity index (χ0v) is 13.0. The number of halogens is 1. The van der Waals surface area contributed by atoms with E-state index in [1.54, 1.807) is 0 Å². The van der Waals surface area contributed by atoms with E-state index in [0.717, 1.165) is 18.1 Å². The van der Waals surface area contributed by atoms with Gasteiger partial charge < -0.3 is 10.6 Å². The SMILES string of the molecule is CCN(CC)C(N)=NCC(C)(C)c1ccc(Cl)cc1. The summed E-state index contributed by atoms with van der Waals surface area (Å²) in [5.74, 6) is 0.618. The van der Waals surface area contributed by atoms with Crippen LogP contribution in [0.1, 0.15) is 33.3 Å². The predicted molar refractivity (Wildman–Crippen MR) is 83.9 cm³/mol. The Kier molecular flexibility index (Phi) is 5.67. The monoisotopic (exact) mass is 281 g/mol. The molecule has 19 heavy (non-hydrogen) atoms. The minimum absolute atomic E-state index is 0.0532. The van der Waals surface area contributed by atoms with Crippen LogP contribution >= 0.6 is 11.6 Å². The Balaban J connectivity index is 2.79. The molecule has 3 nitrogen and oxygen atoms in total. The Bertz CT molecular complexity index is 420. The van der Waals surface area contributed by atoms with Gasteiger partial charge in [-0.1, -0.05) is 37.6 Å². The van der Waals surface area contributed by atoms with Gasteiger partial charge in [-0.25, -0.2) is 0 Å². The molecule has 0 fully saturated rings. The van der Waals surface area contributed by atoms with Gasteiger partial charge in [0.15, 0.2) is 5.96 Å². The summed E-state index contributed by atoms with van der Waals surface area (Å²) in [7, 11) is 0. The first-order valence-electron chi connectivity index (χ1n) is 6.71. The lowest BCUT2D eigenvalue weighted by Gasteiger charge is -2.25. The van der Waals surface area contributed by atoms with Crippen LogP contribution < -0.4 is 5.73 Å². The summed E-state index contributed by atoms with van der Waals surface area (Å²) in [5.41, 5.74) is 7.17. The second kappa shape index (κ2) is 6.80. The summed E-state index contributed by atoms with van der Waals surface area (Å²) in [4.78, 5) is 6.58. The molecule has 4 heteroatoms. The zero-order valence-electron chi connectivity index (χ0n) is 12.3. The third-order valence-electron chi connectivity index (χ3n) is 3.35. The molecule has 0 unspecified atom stereocenters. The topological polar surface area (TPSA) is 41.6 Å². The molecule has 0 aliphatic heterocycles. The first kappa shape index (κ1) is 15.8. The van der Waals surface area contributed by atoms with Crippen molar-refractivity contribution in [3.63, 3.8) is 0 Å². The second-order valence-corrected chi connectivity index (χ2v) is 5.67. The summed E-state index contributed by atoms with van der Waals surface area (Å²) in [6.45, 7) is 10.9. The molecule has 0 aliphatic carbocycles. The van der Waals surface area contributed by atoms with Crippen LogP contribution in [0.4, 0.5) is 0 Å². The van der Waals surface area contributed by atoms with E-state index >= 15 is 0 Å². The number of benzene rings is 1. The van der Waals surface area contributed by atoms with Crippen molar-refractivity contribution < 1.29 is 0 Å². The van der Waals surface area contributed by atoms with Gasteiger partial charge in [0.05, 0.1) is 6.54 Å². The van der Waals surface area contributed by atoms with E-state index < -0.39 is 0 Å². The molecule has 0 atom stereocenters. The van der Waals surface area contributed by atoms with Crippen LogP contribution in [0.3, 0.4) is 0 Å². The van der Waals surface area contributed by atoms with E-state index in [9.17, 15) is 0 Å². The molecule has 2 N–H and O–H groups in total. The van der Waals surface area contributed by atoms with E-state index in [4.69, 9.17) is 17.3 Å². The van der Waals surface area contributed by atoms with E-state index in [2.05, 4.69) is 37.6 Å². The first-order chi connectivity index (χ1) is 8.90. The molecule has 1 aromatic rings. The summed E-state index contributed by atoms with van der Waals surface area (Å²) < 4.78 is 0. The van der Waals surface area contributed by atoms with Gasteiger partial charge in [-0.05, 0) is 31.5 Å². The number of guanidine groups is 1. The number of hydrogen-bond donors (Lipinski definition) is 1. The molecule has 0 aromatic heterocycles. The second-order valence-electron chi connectivity index (χ2n) is 5.24. The molecule has 0 saturated carbocycles. The predicted octanol–water partition coefficient (Wildman–Crippen LogP) is 3.27. The molecule has 0 heterocycles.